The third kappa shape index (κ3) is 6.25. The zero-order valence-corrected chi connectivity index (χ0v) is 24.3. The van der Waals surface area contributed by atoms with Crippen LogP contribution in [0.3, 0.4) is 0 Å². The molecule has 0 heterocycles. The third-order valence-corrected chi connectivity index (χ3v) is 12.4. The highest BCUT2D eigenvalue weighted by molar-refractivity contribution is 7.85. The number of aliphatic hydroxyl groups excluding tert-OH is 1. The minimum atomic E-state index is -4.50. The quantitative estimate of drug-likeness (QED) is 0.300. The molecule has 0 aliphatic heterocycles. The van der Waals surface area contributed by atoms with Crippen molar-refractivity contribution in [3.05, 3.63) is 0 Å². The van der Waals surface area contributed by atoms with E-state index in [2.05, 4.69) is 26.1 Å². The summed E-state index contributed by atoms with van der Waals surface area (Å²) in [6, 6.07) is 0. The Hall–Kier alpha value is -0.790. The van der Waals surface area contributed by atoms with Crippen LogP contribution in [0.25, 0.3) is 0 Å². The van der Waals surface area contributed by atoms with Crippen LogP contribution in [0.4, 0.5) is 0 Å². The van der Waals surface area contributed by atoms with Crippen LogP contribution in [-0.4, -0.2) is 61.5 Å². The Morgan fingerprint density at radius 2 is 1.66 bits per heavy atom. The van der Waals surface area contributed by atoms with Gasteiger partial charge >= 0.3 is 10.4 Å². The van der Waals surface area contributed by atoms with Gasteiger partial charge < -0.3 is 10.4 Å². The number of hydrogen-bond acceptors (Lipinski definition) is 7. The molecule has 4 fully saturated rings. The van der Waals surface area contributed by atoms with Gasteiger partial charge in [-0.25, -0.2) is 4.18 Å². The molecule has 1 unspecified atom stereocenters. The maximum atomic E-state index is 12.2. The van der Waals surface area contributed by atoms with Gasteiger partial charge in [-0.15, -0.1) is 0 Å². The molecular formula is C26H45NO9S2. The summed E-state index contributed by atoms with van der Waals surface area (Å²) >= 11 is 0. The molecule has 1 amide bonds. The summed E-state index contributed by atoms with van der Waals surface area (Å²) in [7, 11) is -8.59. The van der Waals surface area contributed by atoms with Crippen LogP contribution in [0.1, 0.15) is 85.0 Å². The molecule has 10 atom stereocenters. The molecule has 0 bridgehead atoms. The number of hydrogen-bond donors (Lipinski definition) is 4. The fraction of sp³-hybridized carbons (Fsp3) is 0.962. The average molecular weight is 580 g/mol. The summed E-state index contributed by atoms with van der Waals surface area (Å²) in [5.74, 6) is 1.17. The van der Waals surface area contributed by atoms with E-state index in [9.17, 15) is 26.7 Å². The minimum Gasteiger partial charge on any atom is -0.393 e. The first-order valence-electron chi connectivity index (χ1n) is 14.1. The molecule has 38 heavy (non-hydrogen) atoms. The van der Waals surface area contributed by atoms with Crippen LogP contribution in [0.15, 0.2) is 0 Å². The van der Waals surface area contributed by atoms with Gasteiger partial charge in [0.1, 0.15) is 0 Å². The number of fused-ring (bicyclic) bond motifs is 5. The van der Waals surface area contributed by atoms with Crippen molar-refractivity contribution in [2.75, 3.05) is 12.3 Å². The second-order valence-corrected chi connectivity index (χ2v) is 15.7. The highest BCUT2D eigenvalue weighted by Gasteiger charge is 2.63. The number of rotatable bonds is 9. The molecule has 0 aromatic heterocycles. The first-order chi connectivity index (χ1) is 17.5. The van der Waals surface area contributed by atoms with Gasteiger partial charge in [-0.1, -0.05) is 20.8 Å². The lowest BCUT2D eigenvalue weighted by molar-refractivity contribution is -0.172. The van der Waals surface area contributed by atoms with Gasteiger partial charge in [0.15, 0.2) is 0 Å². The number of amides is 1. The molecule has 4 saturated carbocycles. The molecular weight excluding hydrogens is 534 g/mol. The number of nitrogens with one attached hydrogen (secondary N) is 1. The summed E-state index contributed by atoms with van der Waals surface area (Å²) in [5.41, 5.74) is 0.0889. The molecule has 0 aromatic carbocycles. The Bertz CT molecular complexity index is 1100. The molecule has 0 spiro atoms. The summed E-state index contributed by atoms with van der Waals surface area (Å²) in [6.45, 7) is 6.77. The fourth-order valence-electron chi connectivity index (χ4n) is 9.39. The monoisotopic (exact) mass is 579 g/mol. The zero-order chi connectivity index (χ0) is 28.1. The first-order valence-corrected chi connectivity index (χ1v) is 17.1. The number of carbonyl (C=O) groups is 1. The molecule has 220 valence electrons. The van der Waals surface area contributed by atoms with Crippen LogP contribution >= 0.6 is 0 Å². The van der Waals surface area contributed by atoms with Crippen LogP contribution in [0, 0.1) is 46.3 Å². The third-order valence-electron chi connectivity index (χ3n) is 11.2. The minimum absolute atomic E-state index is 0.00808. The maximum absolute atomic E-state index is 12.2. The lowest BCUT2D eigenvalue weighted by atomic mass is 9.43. The molecule has 0 aromatic rings. The lowest BCUT2D eigenvalue weighted by Crippen LogP contribution is -2.58. The van der Waals surface area contributed by atoms with Crippen molar-refractivity contribution in [3.8, 4) is 0 Å². The summed E-state index contributed by atoms with van der Waals surface area (Å²) in [4.78, 5) is 12.2. The van der Waals surface area contributed by atoms with E-state index in [1.165, 1.54) is 0 Å². The molecule has 10 nitrogen and oxygen atoms in total. The molecule has 0 saturated heterocycles. The fourth-order valence-corrected chi connectivity index (χ4v) is 10.3. The topological polar surface area (TPSA) is 167 Å². The second kappa shape index (κ2) is 10.9. The van der Waals surface area contributed by atoms with Crippen LogP contribution in [0.5, 0.6) is 0 Å². The largest absolute Gasteiger partial charge is 0.397 e. The Morgan fingerprint density at radius 3 is 2.32 bits per heavy atom. The standard InChI is InChI=1S/C26H45NO9S2/c1-16(4-7-23(29)27-12-13-37(30,31)32)19-5-6-20-24-21(9-11-26(19,20)3)25(2)10-8-18(36-38(33,34)35)14-17(25)15-22(24)28/h16-22,24,28H,4-15H2,1-3H3,(H,27,29)(H,30,31,32)(H,33,34,35)/t16-,17?,18-,19-,20+,21+,22-,24+,25+,26-/m1/s1. The summed E-state index contributed by atoms with van der Waals surface area (Å²) in [5, 5.41) is 14.0. The van der Waals surface area contributed by atoms with Gasteiger partial charge in [-0.2, -0.15) is 16.8 Å². The molecule has 4 aliphatic rings. The molecule has 4 N–H and O–H groups in total. The van der Waals surface area contributed by atoms with E-state index in [0.29, 0.717) is 55.8 Å². The van der Waals surface area contributed by atoms with Crippen molar-refractivity contribution in [2.24, 2.45) is 46.3 Å². The van der Waals surface area contributed by atoms with Crippen molar-refractivity contribution < 1.29 is 40.0 Å². The summed E-state index contributed by atoms with van der Waals surface area (Å²) < 4.78 is 67.2. The number of aliphatic hydroxyl groups is 1. The van der Waals surface area contributed by atoms with Gasteiger partial charge in [-0.05, 0) is 104 Å². The first kappa shape index (κ1) is 30.2. The van der Waals surface area contributed by atoms with Gasteiger partial charge in [0.25, 0.3) is 10.1 Å². The SMILES string of the molecule is C[C@H](CCC(=O)NCCS(=O)(=O)O)[C@H]1CC[C@H]2[C@@H]3[C@H](O)CC4C[C@H](OS(=O)(=O)O)CC[C@]4(C)[C@H]3CC[C@]12C. The molecule has 12 heteroatoms. The van der Waals surface area contributed by atoms with Gasteiger partial charge in [0.2, 0.25) is 5.91 Å². The van der Waals surface area contributed by atoms with E-state index >= 15 is 0 Å². The van der Waals surface area contributed by atoms with Gasteiger partial charge in [0.05, 0.1) is 18.0 Å². The van der Waals surface area contributed by atoms with E-state index in [4.69, 9.17) is 13.3 Å². The molecule has 0 radical (unpaired) electrons. The predicted octanol–water partition coefficient (Wildman–Crippen LogP) is 3.22. The Balaban J connectivity index is 1.39. The van der Waals surface area contributed by atoms with Crippen molar-refractivity contribution in [1.82, 2.24) is 5.32 Å². The summed E-state index contributed by atoms with van der Waals surface area (Å²) in [6.07, 6.45) is 6.79. The number of carbonyl (C=O) groups excluding carboxylic acids is 1. The van der Waals surface area contributed by atoms with E-state index < -0.39 is 38.5 Å². The Morgan fingerprint density at radius 1 is 1.00 bits per heavy atom. The van der Waals surface area contributed by atoms with E-state index in [1.54, 1.807) is 0 Å². The van der Waals surface area contributed by atoms with E-state index in [-0.39, 0.29) is 35.1 Å². The molecule has 4 aliphatic carbocycles. The normalized spacial score (nSPS) is 42.0. The van der Waals surface area contributed by atoms with Crippen molar-refractivity contribution in [3.63, 3.8) is 0 Å². The van der Waals surface area contributed by atoms with Crippen LogP contribution in [0.2, 0.25) is 0 Å². The highest BCUT2D eigenvalue weighted by atomic mass is 32.3. The van der Waals surface area contributed by atoms with Gasteiger partial charge in [-0.3, -0.25) is 13.9 Å². The van der Waals surface area contributed by atoms with Crippen molar-refractivity contribution in [1.29, 1.82) is 0 Å². The highest BCUT2D eigenvalue weighted by Crippen LogP contribution is 2.68. The predicted molar refractivity (Wildman–Crippen MR) is 141 cm³/mol. The van der Waals surface area contributed by atoms with Crippen LogP contribution in [-0.2, 0) is 29.5 Å². The zero-order valence-electron chi connectivity index (χ0n) is 22.7. The van der Waals surface area contributed by atoms with Crippen molar-refractivity contribution in [2.45, 2.75) is 97.2 Å². The van der Waals surface area contributed by atoms with E-state index in [1.807, 2.05) is 0 Å². The van der Waals surface area contributed by atoms with E-state index in [0.717, 1.165) is 32.1 Å². The maximum Gasteiger partial charge on any atom is 0.397 e. The van der Waals surface area contributed by atoms with Crippen molar-refractivity contribution >= 4 is 26.4 Å². The second-order valence-electron chi connectivity index (χ2n) is 13.1. The van der Waals surface area contributed by atoms with Gasteiger partial charge in [0, 0.05) is 13.0 Å². The Kier molecular flexibility index (Phi) is 8.65. The Labute approximate surface area is 227 Å². The smallest absolute Gasteiger partial charge is 0.393 e. The van der Waals surface area contributed by atoms with Crippen LogP contribution < -0.4 is 5.32 Å². The lowest BCUT2D eigenvalue weighted by Gasteiger charge is -2.62. The molecule has 4 rings (SSSR count). The average Bonchev–Trinajstić information content (AvgIpc) is 3.14.